The van der Waals surface area contributed by atoms with Gasteiger partial charge >= 0.3 is 17.9 Å². The SMILES string of the molecule is CC/C=C\C/C=C\C/C=C\C/C=C\CCCCC(=O)O[C@H](COC(=O)CCCCC/C=C\C/C=C\C/C=C\C/C=C\CCCCC)COC(=O)CCCCCCCCCCCCCCCCCCCCC. The monoisotopic (exact) mass is 987 g/mol. The minimum atomic E-state index is -0.813. The molecule has 1 atom stereocenters. The topological polar surface area (TPSA) is 78.9 Å². The average molecular weight is 988 g/mol. The maximum Gasteiger partial charge on any atom is 0.306 e. The molecule has 6 heteroatoms. The van der Waals surface area contributed by atoms with Gasteiger partial charge in [0.05, 0.1) is 0 Å². The Balaban J connectivity index is 4.46. The molecule has 0 aliphatic heterocycles. The highest BCUT2D eigenvalue weighted by molar-refractivity contribution is 5.71. The second kappa shape index (κ2) is 58.9. The van der Waals surface area contributed by atoms with Crippen LogP contribution in [0.15, 0.2) is 97.2 Å². The van der Waals surface area contributed by atoms with Crippen LogP contribution in [0.4, 0.5) is 0 Å². The second-order valence-electron chi connectivity index (χ2n) is 19.5. The highest BCUT2D eigenvalue weighted by Gasteiger charge is 2.19. The Morgan fingerprint density at radius 3 is 0.915 bits per heavy atom. The Kier molecular flexibility index (Phi) is 55.9. The molecule has 0 rings (SSSR count). The number of rotatable bonds is 53. The van der Waals surface area contributed by atoms with Crippen molar-refractivity contribution in [2.24, 2.45) is 0 Å². The third-order valence-electron chi connectivity index (χ3n) is 12.6. The summed E-state index contributed by atoms with van der Waals surface area (Å²) in [7, 11) is 0. The van der Waals surface area contributed by atoms with Crippen LogP contribution in [0, 0.1) is 0 Å². The molecule has 0 saturated heterocycles. The van der Waals surface area contributed by atoms with Crippen LogP contribution in [0.5, 0.6) is 0 Å². The predicted molar refractivity (Wildman–Crippen MR) is 307 cm³/mol. The lowest BCUT2D eigenvalue weighted by molar-refractivity contribution is -0.167. The lowest BCUT2D eigenvalue weighted by Gasteiger charge is -2.18. The van der Waals surface area contributed by atoms with Gasteiger partial charge in [0.25, 0.3) is 0 Å². The molecule has 0 aliphatic rings. The smallest absolute Gasteiger partial charge is 0.306 e. The summed E-state index contributed by atoms with van der Waals surface area (Å²) < 4.78 is 16.8. The second-order valence-corrected chi connectivity index (χ2v) is 19.5. The van der Waals surface area contributed by atoms with E-state index in [1.807, 2.05) is 0 Å². The molecule has 0 spiro atoms. The van der Waals surface area contributed by atoms with Crippen LogP contribution in [0.3, 0.4) is 0 Å². The van der Waals surface area contributed by atoms with Crippen LogP contribution >= 0.6 is 0 Å². The third-order valence-corrected chi connectivity index (χ3v) is 12.6. The van der Waals surface area contributed by atoms with Gasteiger partial charge in [0.15, 0.2) is 6.10 Å². The van der Waals surface area contributed by atoms with Crippen molar-refractivity contribution >= 4 is 17.9 Å². The molecule has 0 aromatic heterocycles. The quantitative estimate of drug-likeness (QED) is 0.0261. The summed E-state index contributed by atoms with van der Waals surface area (Å²) >= 11 is 0. The maximum atomic E-state index is 12.8. The van der Waals surface area contributed by atoms with E-state index in [1.54, 1.807) is 0 Å². The van der Waals surface area contributed by atoms with E-state index in [2.05, 4.69) is 118 Å². The first-order valence-corrected chi connectivity index (χ1v) is 29.7. The summed E-state index contributed by atoms with van der Waals surface area (Å²) in [5.74, 6) is -0.971. The normalized spacial score (nSPS) is 12.8. The van der Waals surface area contributed by atoms with E-state index in [4.69, 9.17) is 14.2 Å². The first-order valence-electron chi connectivity index (χ1n) is 29.7. The van der Waals surface area contributed by atoms with Crippen molar-refractivity contribution in [3.05, 3.63) is 97.2 Å². The van der Waals surface area contributed by atoms with Crippen molar-refractivity contribution < 1.29 is 28.6 Å². The number of unbranched alkanes of at least 4 members (excludes halogenated alkanes) is 26. The molecule has 0 radical (unpaired) electrons. The van der Waals surface area contributed by atoms with Gasteiger partial charge in [-0.1, -0.05) is 253 Å². The highest BCUT2D eigenvalue weighted by Crippen LogP contribution is 2.16. The van der Waals surface area contributed by atoms with E-state index in [0.717, 1.165) is 103 Å². The van der Waals surface area contributed by atoms with Gasteiger partial charge in [0, 0.05) is 19.3 Å². The Hall–Kier alpha value is -3.67. The van der Waals surface area contributed by atoms with Crippen molar-refractivity contribution in [2.45, 2.75) is 284 Å². The van der Waals surface area contributed by atoms with Crippen molar-refractivity contribution in [2.75, 3.05) is 13.2 Å². The molecule has 0 saturated carbocycles. The Morgan fingerprint density at radius 2 is 0.549 bits per heavy atom. The molecular formula is C65H110O6. The molecule has 0 unspecified atom stereocenters. The highest BCUT2D eigenvalue weighted by atomic mass is 16.6. The molecule has 0 aromatic rings. The number of carbonyl (C=O) groups is 3. The van der Waals surface area contributed by atoms with Gasteiger partial charge in [-0.05, 0) is 103 Å². The molecule has 0 aromatic carbocycles. The van der Waals surface area contributed by atoms with Crippen LogP contribution < -0.4 is 0 Å². The van der Waals surface area contributed by atoms with Crippen molar-refractivity contribution in [3.8, 4) is 0 Å². The lowest BCUT2D eigenvalue weighted by atomic mass is 10.0. The molecule has 0 bridgehead atoms. The van der Waals surface area contributed by atoms with Crippen molar-refractivity contribution in [3.63, 3.8) is 0 Å². The fourth-order valence-electron chi connectivity index (χ4n) is 8.12. The Labute approximate surface area is 438 Å². The van der Waals surface area contributed by atoms with Crippen molar-refractivity contribution in [1.29, 1.82) is 0 Å². The van der Waals surface area contributed by atoms with Gasteiger partial charge in [-0.3, -0.25) is 14.4 Å². The van der Waals surface area contributed by atoms with Crippen LogP contribution in [-0.2, 0) is 28.6 Å². The van der Waals surface area contributed by atoms with Gasteiger partial charge in [0.2, 0.25) is 0 Å². The molecular weight excluding hydrogens is 877 g/mol. The summed E-state index contributed by atoms with van der Waals surface area (Å²) in [5, 5.41) is 0. The number of esters is 3. The van der Waals surface area contributed by atoms with E-state index in [0.29, 0.717) is 19.3 Å². The summed E-state index contributed by atoms with van der Waals surface area (Å²) in [4.78, 5) is 38.2. The Bertz CT molecular complexity index is 1410. The van der Waals surface area contributed by atoms with Crippen LogP contribution in [0.1, 0.15) is 278 Å². The van der Waals surface area contributed by atoms with Gasteiger partial charge in [-0.2, -0.15) is 0 Å². The van der Waals surface area contributed by atoms with Gasteiger partial charge in [-0.25, -0.2) is 0 Å². The zero-order valence-electron chi connectivity index (χ0n) is 46.5. The Morgan fingerprint density at radius 1 is 0.296 bits per heavy atom. The van der Waals surface area contributed by atoms with Crippen LogP contribution in [0.2, 0.25) is 0 Å². The molecule has 0 amide bonds. The summed E-state index contributed by atoms with van der Waals surface area (Å²) in [6.45, 7) is 6.46. The van der Waals surface area contributed by atoms with E-state index in [1.165, 1.54) is 128 Å². The lowest BCUT2D eigenvalue weighted by Crippen LogP contribution is -2.30. The third kappa shape index (κ3) is 57.1. The molecule has 71 heavy (non-hydrogen) atoms. The standard InChI is InChI=1S/C65H110O6/c1-4-7-10-13-16-19-22-25-28-30-32-34-37-39-42-45-48-51-54-57-63(66)69-60-62(71-65(68)59-56-53-50-47-44-41-36-27-24-21-18-15-12-9-6-3)61-70-64(67)58-55-52-49-46-43-40-38-35-33-31-29-26-23-20-17-14-11-8-5-2/h9,12,16,18-19,21,25,27-28,32,34,36,39,42,44,47,62H,4-8,10-11,13-15,17,20,22-24,26,29-31,33,35,37-38,40-41,43,45-46,48-61H2,1-3H3/b12-9-,19-16-,21-18-,28-25-,34-32-,36-27-,42-39-,47-44-/t62-/m1/s1. The van der Waals surface area contributed by atoms with Crippen LogP contribution in [-0.4, -0.2) is 37.2 Å². The van der Waals surface area contributed by atoms with Crippen LogP contribution in [0.25, 0.3) is 0 Å². The first kappa shape index (κ1) is 67.3. The number of allylic oxidation sites excluding steroid dienone is 16. The van der Waals surface area contributed by atoms with E-state index >= 15 is 0 Å². The fraction of sp³-hybridized carbons (Fsp3) is 0.708. The summed E-state index contributed by atoms with van der Waals surface area (Å²) in [6.07, 6.45) is 78.3. The number of ether oxygens (including phenoxy) is 3. The predicted octanol–water partition coefficient (Wildman–Crippen LogP) is 20.1. The van der Waals surface area contributed by atoms with Gasteiger partial charge in [0.1, 0.15) is 13.2 Å². The number of hydrogen-bond donors (Lipinski definition) is 0. The molecule has 0 heterocycles. The van der Waals surface area contributed by atoms with Gasteiger partial charge < -0.3 is 14.2 Å². The van der Waals surface area contributed by atoms with E-state index < -0.39 is 6.10 Å². The molecule has 0 aliphatic carbocycles. The minimum absolute atomic E-state index is 0.103. The molecule has 0 fully saturated rings. The zero-order valence-corrected chi connectivity index (χ0v) is 46.5. The van der Waals surface area contributed by atoms with Crippen molar-refractivity contribution in [1.82, 2.24) is 0 Å². The molecule has 0 N–H and O–H groups in total. The largest absolute Gasteiger partial charge is 0.462 e. The molecule has 406 valence electrons. The van der Waals surface area contributed by atoms with E-state index in [-0.39, 0.29) is 37.5 Å². The maximum absolute atomic E-state index is 12.8. The summed E-state index contributed by atoms with van der Waals surface area (Å²) in [5.41, 5.74) is 0. The summed E-state index contributed by atoms with van der Waals surface area (Å²) in [6, 6.07) is 0. The number of hydrogen-bond acceptors (Lipinski definition) is 6. The average Bonchev–Trinajstić information content (AvgIpc) is 3.37. The van der Waals surface area contributed by atoms with E-state index in [9.17, 15) is 14.4 Å². The first-order chi connectivity index (χ1) is 35.0. The minimum Gasteiger partial charge on any atom is -0.462 e. The van der Waals surface area contributed by atoms with Gasteiger partial charge in [-0.15, -0.1) is 0 Å². The fourth-order valence-corrected chi connectivity index (χ4v) is 8.12. The zero-order chi connectivity index (χ0) is 51.4. The number of carbonyl (C=O) groups excluding carboxylic acids is 3. The molecule has 6 nitrogen and oxygen atoms in total.